The number of amides is 1. The number of hydrogen-bond acceptors (Lipinski definition) is 5. The van der Waals surface area contributed by atoms with Crippen LogP contribution in [0.5, 0.6) is 0 Å². The van der Waals surface area contributed by atoms with Crippen molar-refractivity contribution in [3.8, 4) is 0 Å². The van der Waals surface area contributed by atoms with Gasteiger partial charge in [-0.2, -0.15) is 0 Å². The lowest BCUT2D eigenvalue weighted by Crippen LogP contribution is -2.36. The van der Waals surface area contributed by atoms with Gasteiger partial charge >= 0.3 is 0 Å². The molecule has 3 rings (SSSR count). The van der Waals surface area contributed by atoms with E-state index >= 15 is 0 Å². The molecule has 1 aromatic carbocycles. The Balaban J connectivity index is 1.44. The molecule has 2 aromatic rings. The summed E-state index contributed by atoms with van der Waals surface area (Å²) in [6.45, 7) is 5.53. The molecule has 0 radical (unpaired) electrons. The van der Waals surface area contributed by atoms with Crippen molar-refractivity contribution in [3.63, 3.8) is 0 Å². The van der Waals surface area contributed by atoms with Crippen molar-refractivity contribution in [2.45, 2.75) is 45.6 Å². The molecule has 0 spiro atoms. The predicted molar refractivity (Wildman–Crippen MR) is 118 cm³/mol. The molecule has 0 saturated carbocycles. The van der Waals surface area contributed by atoms with E-state index in [9.17, 15) is 4.79 Å². The van der Waals surface area contributed by atoms with E-state index in [1.165, 1.54) is 0 Å². The van der Waals surface area contributed by atoms with Crippen LogP contribution in [0.4, 0.5) is 11.6 Å². The minimum Gasteiger partial charge on any atom is -0.370 e. The van der Waals surface area contributed by atoms with Gasteiger partial charge in [0.1, 0.15) is 18.0 Å². The number of halogens is 1. The number of aromatic nitrogens is 2. The van der Waals surface area contributed by atoms with Crippen LogP contribution in [0.25, 0.3) is 0 Å². The average molecular weight is 416 g/mol. The van der Waals surface area contributed by atoms with Gasteiger partial charge in [-0.05, 0) is 49.3 Å². The highest BCUT2D eigenvalue weighted by atomic mass is 35.5. The number of piperidine rings is 1. The van der Waals surface area contributed by atoms with Gasteiger partial charge in [0.25, 0.3) is 0 Å². The van der Waals surface area contributed by atoms with Gasteiger partial charge in [0.15, 0.2) is 0 Å². The van der Waals surface area contributed by atoms with Gasteiger partial charge in [-0.25, -0.2) is 9.97 Å². The third kappa shape index (κ3) is 6.89. The Morgan fingerprint density at radius 1 is 1.28 bits per heavy atom. The molecular weight excluding hydrogens is 386 g/mol. The molecule has 1 aromatic heterocycles. The number of rotatable bonds is 9. The summed E-state index contributed by atoms with van der Waals surface area (Å²) in [5, 5.41) is 7.03. The van der Waals surface area contributed by atoms with E-state index in [0.717, 1.165) is 62.5 Å². The smallest absolute Gasteiger partial charge is 0.220 e. The summed E-state index contributed by atoms with van der Waals surface area (Å²) in [4.78, 5) is 23.3. The molecular formula is C22H30ClN5O. The van der Waals surface area contributed by atoms with E-state index in [0.29, 0.717) is 23.9 Å². The maximum atomic E-state index is 12.2. The largest absolute Gasteiger partial charge is 0.370 e. The number of hydrogen-bond donors (Lipinski definition) is 2. The molecule has 0 unspecified atom stereocenters. The molecule has 2 heterocycles. The minimum atomic E-state index is 0.102. The number of nitrogens with zero attached hydrogens (tertiary/aromatic N) is 3. The van der Waals surface area contributed by atoms with Gasteiger partial charge in [-0.15, -0.1) is 0 Å². The number of benzene rings is 1. The maximum absolute atomic E-state index is 12.2. The zero-order valence-electron chi connectivity index (χ0n) is 17.0. The second kappa shape index (κ2) is 11.0. The molecule has 2 N–H and O–H groups in total. The van der Waals surface area contributed by atoms with Crippen LogP contribution in [0.2, 0.25) is 5.02 Å². The Kier molecular flexibility index (Phi) is 8.11. The van der Waals surface area contributed by atoms with E-state index < -0.39 is 0 Å². The highest BCUT2D eigenvalue weighted by Crippen LogP contribution is 2.25. The van der Waals surface area contributed by atoms with Crippen molar-refractivity contribution in [2.75, 3.05) is 29.9 Å². The molecule has 0 aliphatic carbocycles. The number of carbonyl (C=O) groups is 1. The highest BCUT2D eigenvalue weighted by molar-refractivity contribution is 6.30. The third-order valence-electron chi connectivity index (χ3n) is 5.23. The van der Waals surface area contributed by atoms with Crippen molar-refractivity contribution in [3.05, 3.63) is 47.2 Å². The second-order valence-corrected chi connectivity index (χ2v) is 8.02. The van der Waals surface area contributed by atoms with Gasteiger partial charge in [0, 0.05) is 43.7 Å². The average Bonchev–Trinajstić information content (AvgIpc) is 2.76. The standard InChI is InChI=1S/C22H30ClN5O/c1-2-11-24-20-13-21(27-16-26-20)28-12-3-4-18(15-28)7-10-22(29)25-14-17-5-8-19(23)9-6-17/h5-6,8-9,13,16,18H,2-4,7,10-12,14-15H2,1H3,(H,25,29)(H,24,26,27)/t18-/m0/s1. The summed E-state index contributed by atoms with van der Waals surface area (Å²) in [5.41, 5.74) is 1.06. The summed E-state index contributed by atoms with van der Waals surface area (Å²) >= 11 is 5.89. The summed E-state index contributed by atoms with van der Waals surface area (Å²) in [7, 11) is 0. The number of nitrogens with one attached hydrogen (secondary N) is 2. The van der Waals surface area contributed by atoms with Crippen LogP contribution in [0, 0.1) is 5.92 Å². The predicted octanol–water partition coefficient (Wildman–Crippen LogP) is 4.26. The van der Waals surface area contributed by atoms with Crippen LogP contribution >= 0.6 is 11.6 Å². The monoisotopic (exact) mass is 415 g/mol. The Morgan fingerprint density at radius 2 is 2.10 bits per heavy atom. The number of anilines is 2. The van der Waals surface area contributed by atoms with E-state index in [4.69, 9.17) is 11.6 Å². The molecule has 7 heteroatoms. The topological polar surface area (TPSA) is 70.2 Å². The van der Waals surface area contributed by atoms with Gasteiger partial charge in [-0.1, -0.05) is 30.7 Å². The molecule has 1 fully saturated rings. The maximum Gasteiger partial charge on any atom is 0.220 e. The highest BCUT2D eigenvalue weighted by Gasteiger charge is 2.22. The molecule has 1 amide bonds. The summed E-state index contributed by atoms with van der Waals surface area (Å²) in [5.74, 6) is 2.45. The van der Waals surface area contributed by atoms with Crippen LogP contribution in [-0.2, 0) is 11.3 Å². The first-order valence-corrected chi connectivity index (χ1v) is 10.8. The van der Waals surface area contributed by atoms with Crippen LogP contribution in [0.1, 0.15) is 44.6 Å². The molecule has 156 valence electrons. The fraction of sp³-hybridized carbons (Fsp3) is 0.500. The molecule has 1 aliphatic heterocycles. The molecule has 1 aliphatic rings. The van der Waals surface area contributed by atoms with Gasteiger partial charge < -0.3 is 15.5 Å². The van der Waals surface area contributed by atoms with E-state index in [2.05, 4.69) is 32.4 Å². The Bertz CT molecular complexity index is 783. The van der Waals surface area contributed by atoms with Crippen molar-refractivity contribution >= 4 is 29.1 Å². The molecule has 1 atom stereocenters. The first-order valence-electron chi connectivity index (χ1n) is 10.5. The van der Waals surface area contributed by atoms with Crippen LogP contribution in [0.3, 0.4) is 0 Å². The van der Waals surface area contributed by atoms with Crippen LogP contribution < -0.4 is 15.5 Å². The lowest BCUT2D eigenvalue weighted by atomic mass is 9.93. The lowest BCUT2D eigenvalue weighted by Gasteiger charge is -2.33. The van der Waals surface area contributed by atoms with Gasteiger partial charge in [0.2, 0.25) is 5.91 Å². The van der Waals surface area contributed by atoms with Gasteiger partial charge in [0.05, 0.1) is 0 Å². The van der Waals surface area contributed by atoms with E-state index in [1.807, 2.05) is 30.3 Å². The quantitative estimate of drug-likeness (QED) is 0.640. The summed E-state index contributed by atoms with van der Waals surface area (Å²) in [6.07, 6.45) is 6.42. The first kappa shape index (κ1) is 21.4. The zero-order chi connectivity index (χ0) is 20.5. The molecule has 29 heavy (non-hydrogen) atoms. The molecule has 6 nitrogen and oxygen atoms in total. The van der Waals surface area contributed by atoms with Crippen LogP contribution in [-0.4, -0.2) is 35.5 Å². The third-order valence-corrected chi connectivity index (χ3v) is 5.49. The van der Waals surface area contributed by atoms with Crippen molar-refractivity contribution in [1.82, 2.24) is 15.3 Å². The van der Waals surface area contributed by atoms with Gasteiger partial charge in [-0.3, -0.25) is 4.79 Å². The fourth-order valence-electron chi connectivity index (χ4n) is 3.61. The SMILES string of the molecule is CCCNc1cc(N2CCC[C@@H](CCC(=O)NCc3ccc(Cl)cc3)C2)ncn1. The van der Waals surface area contributed by atoms with Crippen LogP contribution in [0.15, 0.2) is 36.7 Å². The Labute approximate surface area is 178 Å². The first-order chi connectivity index (χ1) is 14.1. The fourth-order valence-corrected chi connectivity index (χ4v) is 3.73. The summed E-state index contributed by atoms with van der Waals surface area (Å²) < 4.78 is 0. The van der Waals surface area contributed by atoms with Crippen molar-refractivity contribution < 1.29 is 4.79 Å². The Morgan fingerprint density at radius 3 is 2.90 bits per heavy atom. The zero-order valence-corrected chi connectivity index (χ0v) is 17.8. The minimum absolute atomic E-state index is 0.102. The molecule has 0 bridgehead atoms. The van der Waals surface area contributed by atoms with E-state index in [-0.39, 0.29) is 5.91 Å². The Hall–Kier alpha value is -2.34. The molecule has 1 saturated heterocycles. The summed E-state index contributed by atoms with van der Waals surface area (Å²) in [6, 6.07) is 9.59. The van der Waals surface area contributed by atoms with Crippen molar-refractivity contribution in [1.29, 1.82) is 0 Å². The number of carbonyl (C=O) groups excluding carboxylic acids is 1. The lowest BCUT2D eigenvalue weighted by molar-refractivity contribution is -0.121. The normalized spacial score (nSPS) is 16.5. The van der Waals surface area contributed by atoms with E-state index in [1.54, 1.807) is 6.33 Å². The van der Waals surface area contributed by atoms with Crippen molar-refractivity contribution in [2.24, 2.45) is 5.92 Å². The second-order valence-electron chi connectivity index (χ2n) is 7.58.